The van der Waals surface area contributed by atoms with Crippen molar-refractivity contribution in [1.82, 2.24) is 14.9 Å². The first-order valence-corrected chi connectivity index (χ1v) is 13.3. The van der Waals surface area contributed by atoms with Crippen LogP contribution < -0.4 is 15.4 Å². The number of amides is 1. The fraction of sp³-hybridized carbons (Fsp3) is 0.267. The first kappa shape index (κ1) is 30.6. The molecule has 0 spiro atoms. The lowest BCUT2D eigenvalue weighted by molar-refractivity contribution is -0.141. The van der Waals surface area contributed by atoms with Crippen molar-refractivity contribution < 1.29 is 22.7 Å². The number of carbonyl (C=O) groups excluding carboxylic acids is 1. The zero-order valence-electron chi connectivity index (χ0n) is 23.1. The van der Waals surface area contributed by atoms with Gasteiger partial charge in [-0.05, 0) is 82.0 Å². The predicted molar refractivity (Wildman–Crippen MR) is 156 cm³/mol. The number of aromatic nitrogens is 2. The molecule has 0 aliphatic rings. The Kier molecular flexibility index (Phi) is 9.50. The number of aryl methyl sites for hydroxylation is 1. The average Bonchev–Trinajstić information content (AvgIpc) is 2.93. The van der Waals surface area contributed by atoms with Crippen LogP contribution in [0.4, 0.5) is 30.2 Å². The molecule has 218 valence electrons. The number of nitrogens with zero attached hydrogens (tertiary/aromatic N) is 4. The van der Waals surface area contributed by atoms with Crippen LogP contribution in [0.5, 0.6) is 5.75 Å². The number of nitrogens with one attached hydrogen (secondary N) is 2. The molecule has 4 aromatic rings. The Morgan fingerprint density at radius 1 is 1.17 bits per heavy atom. The van der Waals surface area contributed by atoms with Crippen molar-refractivity contribution in [2.75, 3.05) is 31.3 Å². The largest absolute Gasteiger partial charge is 0.486 e. The Labute approximate surface area is 246 Å². The van der Waals surface area contributed by atoms with Crippen molar-refractivity contribution in [1.29, 1.82) is 5.26 Å². The summed E-state index contributed by atoms with van der Waals surface area (Å²) >= 11 is 6.43. The molecule has 0 saturated heterocycles. The third-order valence-electron chi connectivity index (χ3n) is 6.29. The van der Waals surface area contributed by atoms with Crippen LogP contribution in [0, 0.1) is 18.3 Å². The SMILES string of the molecule is Cc1cc2ncc(C#N)c(Nc3ccc(OCc4cccc(C(F)(F)F)n4)c(Cl)c3)c2cc1NC(=O)CCCN(C)C. The van der Waals surface area contributed by atoms with Gasteiger partial charge in [0.1, 0.15) is 24.1 Å². The van der Waals surface area contributed by atoms with Crippen molar-refractivity contribution in [3.8, 4) is 11.8 Å². The van der Waals surface area contributed by atoms with Crippen molar-refractivity contribution in [2.24, 2.45) is 0 Å². The molecule has 2 N–H and O–H groups in total. The van der Waals surface area contributed by atoms with Crippen LogP contribution in [0.2, 0.25) is 5.02 Å². The minimum absolute atomic E-state index is 0.0981. The molecule has 0 radical (unpaired) electrons. The van der Waals surface area contributed by atoms with Gasteiger partial charge in [-0.25, -0.2) is 4.98 Å². The summed E-state index contributed by atoms with van der Waals surface area (Å²) < 4.78 is 44.5. The van der Waals surface area contributed by atoms with Gasteiger partial charge in [0.2, 0.25) is 5.91 Å². The second kappa shape index (κ2) is 13.1. The van der Waals surface area contributed by atoms with Gasteiger partial charge in [0, 0.05) is 29.4 Å². The Morgan fingerprint density at radius 2 is 1.95 bits per heavy atom. The van der Waals surface area contributed by atoms with E-state index in [4.69, 9.17) is 16.3 Å². The number of pyridine rings is 2. The highest BCUT2D eigenvalue weighted by Gasteiger charge is 2.32. The van der Waals surface area contributed by atoms with Crippen molar-refractivity contribution in [3.05, 3.63) is 82.3 Å². The van der Waals surface area contributed by atoms with Gasteiger partial charge < -0.3 is 20.3 Å². The quantitative estimate of drug-likeness (QED) is 0.201. The molecule has 12 heteroatoms. The van der Waals surface area contributed by atoms with Gasteiger partial charge in [0.15, 0.2) is 0 Å². The summed E-state index contributed by atoms with van der Waals surface area (Å²) in [5, 5.41) is 16.8. The molecule has 1 amide bonds. The zero-order valence-corrected chi connectivity index (χ0v) is 23.9. The first-order chi connectivity index (χ1) is 19.9. The van der Waals surface area contributed by atoms with Crippen LogP contribution in [0.1, 0.15) is 35.4 Å². The molecule has 0 aliphatic heterocycles. The number of rotatable bonds is 10. The minimum atomic E-state index is -4.56. The third kappa shape index (κ3) is 7.66. The molecule has 0 aliphatic carbocycles. The van der Waals surface area contributed by atoms with E-state index in [1.807, 2.05) is 32.0 Å². The first-order valence-electron chi connectivity index (χ1n) is 12.9. The number of ether oxygens (including phenoxy) is 1. The second-order valence-corrected chi connectivity index (χ2v) is 10.3. The van der Waals surface area contributed by atoms with E-state index < -0.39 is 11.9 Å². The average molecular weight is 597 g/mol. The number of nitriles is 1. The molecule has 0 atom stereocenters. The summed E-state index contributed by atoms with van der Waals surface area (Å²) in [6.45, 7) is 2.45. The Morgan fingerprint density at radius 3 is 2.64 bits per heavy atom. The molecular formula is C30H28ClF3N6O2. The molecular weight excluding hydrogens is 569 g/mol. The maximum atomic E-state index is 13.0. The van der Waals surface area contributed by atoms with E-state index in [1.54, 1.807) is 24.3 Å². The topological polar surface area (TPSA) is 103 Å². The number of anilines is 3. The van der Waals surface area contributed by atoms with E-state index in [0.29, 0.717) is 34.4 Å². The lowest BCUT2D eigenvalue weighted by atomic mass is 10.0. The summed E-state index contributed by atoms with van der Waals surface area (Å²) in [5.41, 5.74) is 2.44. The standard InChI is InChI=1S/C30H28ClF3N6O2/c1-18-12-25-22(14-24(18)39-28(41)8-5-11-40(2)3)29(19(15-35)16-36-25)38-20-9-10-26(23(31)13-20)42-17-21-6-4-7-27(37-21)30(32,33)34/h4,6-7,9-10,12-14,16H,5,8,11,17H2,1-3H3,(H,36,38)(H,39,41). The lowest BCUT2D eigenvalue weighted by Gasteiger charge is -2.16. The molecule has 4 rings (SSSR count). The van der Waals surface area contributed by atoms with Gasteiger partial charge in [0.25, 0.3) is 0 Å². The molecule has 0 bridgehead atoms. The number of carbonyl (C=O) groups is 1. The van der Waals surface area contributed by atoms with Crippen LogP contribution in [0.15, 0.2) is 54.7 Å². The van der Waals surface area contributed by atoms with Gasteiger partial charge in [-0.2, -0.15) is 18.4 Å². The lowest BCUT2D eigenvalue weighted by Crippen LogP contribution is -2.17. The maximum absolute atomic E-state index is 13.0. The maximum Gasteiger partial charge on any atom is 0.433 e. The molecule has 2 heterocycles. The van der Waals surface area contributed by atoms with Crippen molar-refractivity contribution in [2.45, 2.75) is 32.5 Å². The highest BCUT2D eigenvalue weighted by Crippen LogP contribution is 2.35. The molecule has 2 aromatic heterocycles. The van der Waals surface area contributed by atoms with E-state index in [-0.39, 0.29) is 34.5 Å². The van der Waals surface area contributed by atoms with Crippen LogP contribution in [0.3, 0.4) is 0 Å². The molecule has 8 nitrogen and oxygen atoms in total. The number of halogens is 4. The van der Waals surface area contributed by atoms with E-state index in [1.165, 1.54) is 18.3 Å². The van der Waals surface area contributed by atoms with Gasteiger partial charge in [-0.1, -0.05) is 17.7 Å². The van der Waals surface area contributed by atoms with E-state index in [0.717, 1.165) is 24.6 Å². The minimum Gasteiger partial charge on any atom is -0.486 e. The molecule has 0 unspecified atom stereocenters. The van der Waals surface area contributed by atoms with Gasteiger partial charge in [-0.3, -0.25) is 9.78 Å². The number of hydrogen-bond donors (Lipinski definition) is 2. The molecule has 0 saturated carbocycles. The van der Waals surface area contributed by atoms with Gasteiger partial charge in [-0.15, -0.1) is 0 Å². The number of fused-ring (bicyclic) bond motifs is 1. The number of alkyl halides is 3. The fourth-order valence-electron chi connectivity index (χ4n) is 4.18. The Balaban J connectivity index is 1.55. The zero-order chi connectivity index (χ0) is 30.4. The Bertz CT molecular complexity index is 1650. The Hall–Kier alpha value is -4.40. The molecule has 2 aromatic carbocycles. The van der Waals surface area contributed by atoms with E-state index >= 15 is 0 Å². The van der Waals surface area contributed by atoms with Gasteiger partial charge in [0.05, 0.1) is 27.5 Å². The van der Waals surface area contributed by atoms with Crippen molar-refractivity contribution >= 4 is 45.5 Å². The summed E-state index contributed by atoms with van der Waals surface area (Å²) in [7, 11) is 3.90. The summed E-state index contributed by atoms with van der Waals surface area (Å²) in [4.78, 5) is 22.6. The van der Waals surface area contributed by atoms with Crippen molar-refractivity contribution in [3.63, 3.8) is 0 Å². The van der Waals surface area contributed by atoms with E-state index in [2.05, 4.69) is 26.7 Å². The summed E-state index contributed by atoms with van der Waals surface area (Å²) in [5.74, 6) is 0.136. The van der Waals surface area contributed by atoms with Crippen LogP contribution in [-0.4, -0.2) is 41.4 Å². The normalized spacial score (nSPS) is 11.4. The monoisotopic (exact) mass is 596 g/mol. The molecule has 42 heavy (non-hydrogen) atoms. The predicted octanol–water partition coefficient (Wildman–Crippen LogP) is 7.09. The highest BCUT2D eigenvalue weighted by molar-refractivity contribution is 6.32. The fourth-order valence-corrected chi connectivity index (χ4v) is 4.41. The second-order valence-electron chi connectivity index (χ2n) is 9.87. The summed E-state index contributed by atoms with van der Waals surface area (Å²) in [6.07, 6.45) is -2.01. The van der Waals surface area contributed by atoms with Gasteiger partial charge >= 0.3 is 6.18 Å². The van der Waals surface area contributed by atoms with Crippen LogP contribution in [0.25, 0.3) is 10.9 Å². The van der Waals surface area contributed by atoms with Crippen LogP contribution >= 0.6 is 11.6 Å². The smallest absolute Gasteiger partial charge is 0.433 e. The van der Waals surface area contributed by atoms with Crippen LogP contribution in [-0.2, 0) is 17.6 Å². The highest BCUT2D eigenvalue weighted by atomic mass is 35.5. The summed E-state index contributed by atoms with van der Waals surface area (Å²) in [6, 6.07) is 14.1. The number of hydrogen-bond acceptors (Lipinski definition) is 7. The molecule has 0 fully saturated rings. The van der Waals surface area contributed by atoms with E-state index in [9.17, 15) is 23.2 Å². The third-order valence-corrected chi connectivity index (χ3v) is 6.59. The number of benzene rings is 2.